The number of methoxy groups -OCH3 is 1. The Morgan fingerprint density at radius 3 is 2.54 bits per heavy atom. The average molecular weight is 364 g/mol. The topological polar surface area (TPSA) is 9.23 Å². The Kier molecular flexibility index (Phi) is 4.58. The van der Waals surface area contributed by atoms with Crippen LogP contribution in [0.4, 0.5) is 0 Å². The standard InChI is InChI=1S/C10H9ClO.W/c1-12-8-2-3-9-4-6-10(11)7-5-9;/h2-7H,1H3;/b3-2+;. The summed E-state index contributed by atoms with van der Waals surface area (Å²) in [5.41, 5.74) is 1.13. The molecule has 68 valence electrons. The third-order valence-corrected chi connectivity index (χ3v) is 2.82. The van der Waals surface area contributed by atoms with Gasteiger partial charge in [-0.05, 0) is 0 Å². The van der Waals surface area contributed by atoms with Crippen molar-refractivity contribution < 1.29 is 24.1 Å². The molecule has 0 saturated carbocycles. The van der Waals surface area contributed by atoms with Gasteiger partial charge in [-0.15, -0.1) is 0 Å². The van der Waals surface area contributed by atoms with Crippen LogP contribution in [0, 0.1) is 0 Å². The Balaban J connectivity index is 2.69. The zero-order chi connectivity index (χ0) is 9.68. The van der Waals surface area contributed by atoms with Crippen molar-refractivity contribution in [3.8, 4) is 0 Å². The second-order valence-electron chi connectivity index (χ2n) is 2.41. The molecule has 1 aromatic carbocycles. The summed E-state index contributed by atoms with van der Waals surface area (Å²) in [4.78, 5) is 0. The summed E-state index contributed by atoms with van der Waals surface area (Å²) >= 11 is 7.07. The summed E-state index contributed by atoms with van der Waals surface area (Å²) in [6, 6.07) is 7.68. The number of ether oxygens (including phenoxy) is 1. The van der Waals surface area contributed by atoms with Crippen LogP contribution in [0.5, 0.6) is 0 Å². The molecule has 0 aliphatic heterocycles. The zero-order valence-corrected chi connectivity index (χ0v) is 10.8. The maximum absolute atomic E-state index is 5.75. The van der Waals surface area contributed by atoms with Crippen molar-refractivity contribution in [1.82, 2.24) is 0 Å². The molecule has 1 rings (SSSR count). The molecular weight excluding hydrogens is 355 g/mol. The van der Waals surface area contributed by atoms with Gasteiger partial charge in [0.25, 0.3) is 0 Å². The van der Waals surface area contributed by atoms with Crippen molar-refractivity contribution in [1.29, 1.82) is 0 Å². The van der Waals surface area contributed by atoms with Gasteiger partial charge in [-0.1, -0.05) is 0 Å². The van der Waals surface area contributed by atoms with Crippen molar-refractivity contribution in [3.63, 3.8) is 0 Å². The van der Waals surface area contributed by atoms with Gasteiger partial charge in [0.15, 0.2) is 0 Å². The number of halogens is 1. The van der Waals surface area contributed by atoms with E-state index in [2.05, 4.69) is 0 Å². The van der Waals surface area contributed by atoms with Gasteiger partial charge in [0.2, 0.25) is 0 Å². The molecule has 3 heteroatoms. The first-order chi connectivity index (χ1) is 6.22. The molecule has 0 N–H and O–H groups in total. The van der Waals surface area contributed by atoms with E-state index in [-0.39, 0.29) is 0 Å². The van der Waals surface area contributed by atoms with Gasteiger partial charge in [0, 0.05) is 0 Å². The second-order valence-corrected chi connectivity index (χ2v) is 4.29. The summed E-state index contributed by atoms with van der Waals surface area (Å²) in [6.45, 7) is 0. The summed E-state index contributed by atoms with van der Waals surface area (Å²) < 4.78 is 6.00. The molecule has 0 aromatic heterocycles. The number of hydrogen-bond donors (Lipinski definition) is 0. The van der Waals surface area contributed by atoms with E-state index in [1.165, 1.54) is 19.4 Å². The van der Waals surface area contributed by atoms with Crippen LogP contribution >= 0.6 is 11.6 Å². The molecule has 0 spiro atoms. The fourth-order valence-corrected chi connectivity index (χ4v) is 1.18. The average Bonchev–Trinajstić information content (AvgIpc) is 2.16. The quantitative estimate of drug-likeness (QED) is 0.801. The van der Waals surface area contributed by atoms with Crippen LogP contribution in [0.15, 0.2) is 30.3 Å². The van der Waals surface area contributed by atoms with Crippen molar-refractivity contribution in [3.05, 3.63) is 40.9 Å². The molecule has 0 bridgehead atoms. The maximum atomic E-state index is 5.75. The normalized spacial score (nSPS) is 10.6. The minimum absolute atomic E-state index is 0.759. The van der Waals surface area contributed by atoms with Crippen LogP contribution in [0.2, 0.25) is 5.02 Å². The molecular formula is C10H9ClOW. The molecule has 0 saturated heterocycles. The van der Waals surface area contributed by atoms with Gasteiger partial charge in [-0.25, -0.2) is 0 Å². The summed E-state index contributed by atoms with van der Waals surface area (Å²) in [5, 5.41) is 0.759. The SMILES string of the molecule is CO[C](=[W])/C=C/c1ccc(Cl)cc1. The van der Waals surface area contributed by atoms with Gasteiger partial charge in [-0.2, -0.15) is 0 Å². The first-order valence-corrected chi connectivity index (χ1v) is 5.58. The van der Waals surface area contributed by atoms with Crippen molar-refractivity contribution in [2.24, 2.45) is 0 Å². The van der Waals surface area contributed by atoms with Crippen LogP contribution in [0.3, 0.4) is 0 Å². The predicted molar refractivity (Wildman–Crippen MR) is 52.5 cm³/mol. The summed E-state index contributed by atoms with van der Waals surface area (Å²) in [7, 11) is 1.68. The van der Waals surface area contributed by atoms with E-state index in [9.17, 15) is 0 Å². The third kappa shape index (κ3) is 3.99. The molecule has 0 unspecified atom stereocenters. The molecule has 0 amide bonds. The molecule has 0 heterocycles. The molecule has 13 heavy (non-hydrogen) atoms. The number of hydrogen-bond acceptors (Lipinski definition) is 1. The van der Waals surface area contributed by atoms with Gasteiger partial charge < -0.3 is 0 Å². The zero-order valence-electron chi connectivity index (χ0n) is 7.16. The van der Waals surface area contributed by atoms with Gasteiger partial charge >= 0.3 is 93.9 Å². The van der Waals surface area contributed by atoms with E-state index in [1.807, 2.05) is 36.4 Å². The Labute approximate surface area is 93.8 Å². The Morgan fingerprint density at radius 1 is 1.38 bits per heavy atom. The van der Waals surface area contributed by atoms with Crippen LogP contribution in [-0.4, -0.2) is 11.2 Å². The van der Waals surface area contributed by atoms with Crippen LogP contribution in [0.1, 0.15) is 5.56 Å². The monoisotopic (exact) mass is 364 g/mol. The minimum atomic E-state index is 0.759. The fraction of sp³-hybridized carbons (Fsp3) is 0.100. The Morgan fingerprint density at radius 2 is 2.00 bits per heavy atom. The van der Waals surface area contributed by atoms with Crippen LogP contribution in [-0.2, 0) is 24.1 Å². The van der Waals surface area contributed by atoms with Gasteiger partial charge in [0.05, 0.1) is 0 Å². The Hall–Kier alpha value is -0.232. The third-order valence-electron chi connectivity index (χ3n) is 1.48. The molecule has 0 aliphatic rings. The van der Waals surface area contributed by atoms with Crippen molar-refractivity contribution in [2.45, 2.75) is 0 Å². The van der Waals surface area contributed by atoms with Crippen LogP contribution in [0.25, 0.3) is 6.08 Å². The molecule has 0 fully saturated rings. The summed E-state index contributed by atoms with van der Waals surface area (Å²) in [6.07, 6.45) is 3.96. The number of rotatable bonds is 3. The molecule has 0 atom stereocenters. The van der Waals surface area contributed by atoms with Gasteiger partial charge in [-0.3, -0.25) is 0 Å². The molecule has 1 aromatic rings. The van der Waals surface area contributed by atoms with Crippen LogP contribution < -0.4 is 0 Å². The van der Waals surface area contributed by atoms with E-state index in [4.69, 9.17) is 16.3 Å². The molecule has 0 aliphatic carbocycles. The summed E-state index contributed by atoms with van der Waals surface area (Å²) in [5.74, 6) is 0. The first kappa shape index (κ1) is 10.8. The predicted octanol–water partition coefficient (Wildman–Crippen LogP) is 2.68. The van der Waals surface area contributed by atoms with Crippen molar-refractivity contribution >= 4 is 21.8 Å². The van der Waals surface area contributed by atoms with E-state index < -0.39 is 0 Å². The van der Waals surface area contributed by atoms with E-state index in [0.29, 0.717) is 0 Å². The second kappa shape index (κ2) is 5.49. The fourth-order valence-electron chi connectivity index (χ4n) is 0.806. The van der Waals surface area contributed by atoms with E-state index >= 15 is 0 Å². The number of benzene rings is 1. The Bertz CT molecular complexity index is 316. The first-order valence-electron chi connectivity index (χ1n) is 3.74. The van der Waals surface area contributed by atoms with Gasteiger partial charge in [0.1, 0.15) is 0 Å². The molecule has 1 nitrogen and oxygen atoms in total. The van der Waals surface area contributed by atoms with E-state index in [0.717, 1.165) is 14.7 Å². The van der Waals surface area contributed by atoms with E-state index in [1.54, 1.807) is 7.11 Å². The molecule has 0 radical (unpaired) electrons. The van der Waals surface area contributed by atoms with Crippen molar-refractivity contribution in [2.75, 3.05) is 7.11 Å².